The van der Waals surface area contributed by atoms with Gasteiger partial charge in [0, 0.05) is 16.8 Å². The van der Waals surface area contributed by atoms with Crippen LogP contribution >= 0.6 is 0 Å². The molecule has 0 heterocycles. The van der Waals surface area contributed by atoms with Crippen molar-refractivity contribution in [3.05, 3.63) is 59.2 Å². The Labute approximate surface area is 149 Å². The Morgan fingerprint density at radius 1 is 1.12 bits per heavy atom. The van der Waals surface area contributed by atoms with E-state index in [0.29, 0.717) is 16.9 Å². The summed E-state index contributed by atoms with van der Waals surface area (Å²) in [6.07, 6.45) is -4.39. The van der Waals surface area contributed by atoms with E-state index in [4.69, 9.17) is 9.47 Å². The Hall–Kier alpha value is -2.54. The van der Waals surface area contributed by atoms with Gasteiger partial charge in [0.2, 0.25) is 0 Å². The van der Waals surface area contributed by atoms with E-state index in [9.17, 15) is 18.0 Å². The van der Waals surface area contributed by atoms with Crippen LogP contribution in [0.1, 0.15) is 35.3 Å². The highest BCUT2D eigenvalue weighted by atomic mass is 19.4. The number of rotatable bonds is 6. The van der Waals surface area contributed by atoms with Crippen molar-refractivity contribution >= 4 is 11.6 Å². The summed E-state index contributed by atoms with van der Waals surface area (Å²) in [5.74, 6) is 0.162. The van der Waals surface area contributed by atoms with E-state index in [1.165, 1.54) is 19.2 Å². The van der Waals surface area contributed by atoms with Gasteiger partial charge in [-0.25, -0.2) is 0 Å². The molecule has 0 atom stereocenters. The first-order valence-corrected chi connectivity index (χ1v) is 7.98. The summed E-state index contributed by atoms with van der Waals surface area (Å²) in [4.78, 5) is 12.4. The molecule has 26 heavy (non-hydrogen) atoms. The Kier molecular flexibility index (Phi) is 6.26. The first kappa shape index (κ1) is 19.8. The van der Waals surface area contributed by atoms with Crippen molar-refractivity contribution in [1.82, 2.24) is 0 Å². The zero-order chi connectivity index (χ0) is 19.3. The van der Waals surface area contributed by atoms with Gasteiger partial charge in [-0.1, -0.05) is 0 Å². The SMILES string of the molecule is COc1ccc(C(=O)Nc2ccc(C(F)(F)F)cc2)cc1COC(C)C. The molecule has 2 rings (SSSR count). The molecule has 0 bridgehead atoms. The van der Waals surface area contributed by atoms with Gasteiger partial charge in [0.25, 0.3) is 5.91 Å². The van der Waals surface area contributed by atoms with E-state index in [1.807, 2.05) is 13.8 Å². The fourth-order valence-electron chi connectivity index (χ4n) is 2.23. The van der Waals surface area contributed by atoms with Gasteiger partial charge in [-0.3, -0.25) is 4.79 Å². The minimum absolute atomic E-state index is 0.0179. The van der Waals surface area contributed by atoms with Crippen LogP contribution in [0.15, 0.2) is 42.5 Å². The number of amides is 1. The number of halogens is 3. The fourth-order valence-corrected chi connectivity index (χ4v) is 2.23. The summed E-state index contributed by atoms with van der Waals surface area (Å²) >= 11 is 0. The monoisotopic (exact) mass is 367 g/mol. The molecule has 0 spiro atoms. The average molecular weight is 367 g/mol. The number of benzene rings is 2. The molecule has 2 aromatic carbocycles. The van der Waals surface area contributed by atoms with Crippen molar-refractivity contribution < 1.29 is 27.4 Å². The number of carbonyl (C=O) groups is 1. The van der Waals surface area contributed by atoms with Crippen molar-refractivity contribution in [2.24, 2.45) is 0 Å². The topological polar surface area (TPSA) is 47.6 Å². The van der Waals surface area contributed by atoms with E-state index in [2.05, 4.69) is 5.32 Å². The molecule has 0 saturated carbocycles. The number of methoxy groups -OCH3 is 1. The lowest BCUT2D eigenvalue weighted by atomic mass is 10.1. The minimum Gasteiger partial charge on any atom is -0.496 e. The molecule has 4 nitrogen and oxygen atoms in total. The first-order valence-electron chi connectivity index (χ1n) is 7.98. The van der Waals surface area contributed by atoms with Gasteiger partial charge in [-0.2, -0.15) is 13.2 Å². The second kappa shape index (κ2) is 8.23. The normalized spacial score (nSPS) is 11.5. The predicted molar refractivity (Wildman–Crippen MR) is 92.3 cm³/mol. The number of carbonyl (C=O) groups excluding carboxylic acids is 1. The summed E-state index contributed by atoms with van der Waals surface area (Å²) in [5.41, 5.74) is 0.571. The molecule has 0 aliphatic rings. The second-order valence-corrected chi connectivity index (χ2v) is 5.92. The number of alkyl halides is 3. The number of nitrogens with one attached hydrogen (secondary N) is 1. The lowest BCUT2D eigenvalue weighted by molar-refractivity contribution is -0.137. The van der Waals surface area contributed by atoms with E-state index in [1.54, 1.807) is 18.2 Å². The Morgan fingerprint density at radius 2 is 1.77 bits per heavy atom. The van der Waals surface area contributed by atoms with Crippen LogP contribution in [0.25, 0.3) is 0 Å². The van der Waals surface area contributed by atoms with Crippen molar-refractivity contribution in [1.29, 1.82) is 0 Å². The number of ether oxygens (including phenoxy) is 2. The Morgan fingerprint density at radius 3 is 2.31 bits per heavy atom. The highest BCUT2D eigenvalue weighted by Crippen LogP contribution is 2.30. The maximum Gasteiger partial charge on any atom is 0.416 e. The van der Waals surface area contributed by atoms with E-state index in [0.717, 1.165) is 12.1 Å². The predicted octanol–water partition coefficient (Wildman–Crippen LogP) is 4.89. The molecule has 0 aliphatic carbocycles. The average Bonchev–Trinajstić information content (AvgIpc) is 2.59. The smallest absolute Gasteiger partial charge is 0.416 e. The molecule has 1 N–H and O–H groups in total. The molecule has 140 valence electrons. The highest BCUT2D eigenvalue weighted by molar-refractivity contribution is 6.04. The molecule has 0 unspecified atom stereocenters. The van der Waals surface area contributed by atoms with Crippen LogP contribution in [0, 0.1) is 0 Å². The van der Waals surface area contributed by atoms with Gasteiger partial charge in [0.1, 0.15) is 5.75 Å². The van der Waals surface area contributed by atoms with Gasteiger partial charge in [0.15, 0.2) is 0 Å². The van der Waals surface area contributed by atoms with Crippen molar-refractivity contribution in [3.63, 3.8) is 0 Å². The molecule has 2 aromatic rings. The standard InChI is InChI=1S/C19H20F3NO3/c1-12(2)26-11-14-10-13(4-9-17(14)25-3)18(24)23-16-7-5-15(6-8-16)19(20,21)22/h4-10,12H,11H2,1-3H3,(H,23,24). The third-order valence-corrected chi connectivity index (χ3v) is 3.58. The van der Waals surface area contributed by atoms with Gasteiger partial charge >= 0.3 is 6.18 Å². The molecular weight excluding hydrogens is 347 g/mol. The quantitative estimate of drug-likeness (QED) is 0.791. The lowest BCUT2D eigenvalue weighted by Crippen LogP contribution is -2.13. The van der Waals surface area contributed by atoms with Crippen LogP contribution in [-0.4, -0.2) is 19.1 Å². The zero-order valence-corrected chi connectivity index (χ0v) is 14.7. The zero-order valence-electron chi connectivity index (χ0n) is 14.7. The van der Waals surface area contributed by atoms with E-state index >= 15 is 0 Å². The molecule has 0 fully saturated rings. The molecule has 7 heteroatoms. The summed E-state index contributed by atoms with van der Waals surface area (Å²) in [5, 5.41) is 2.58. The van der Waals surface area contributed by atoms with Crippen molar-refractivity contribution in [3.8, 4) is 5.75 Å². The molecule has 0 saturated heterocycles. The van der Waals surface area contributed by atoms with Gasteiger partial charge < -0.3 is 14.8 Å². The van der Waals surface area contributed by atoms with Gasteiger partial charge in [-0.05, 0) is 56.3 Å². The lowest BCUT2D eigenvalue weighted by Gasteiger charge is -2.13. The van der Waals surface area contributed by atoms with Crippen LogP contribution in [0.3, 0.4) is 0 Å². The highest BCUT2D eigenvalue weighted by Gasteiger charge is 2.30. The molecule has 0 radical (unpaired) electrons. The van der Waals surface area contributed by atoms with Crippen LogP contribution in [-0.2, 0) is 17.5 Å². The van der Waals surface area contributed by atoms with E-state index < -0.39 is 17.6 Å². The number of hydrogen-bond acceptors (Lipinski definition) is 3. The first-order chi connectivity index (χ1) is 12.2. The van der Waals surface area contributed by atoms with Gasteiger partial charge in [0.05, 0.1) is 25.4 Å². The fraction of sp³-hybridized carbons (Fsp3) is 0.316. The number of anilines is 1. The second-order valence-electron chi connectivity index (χ2n) is 5.92. The van der Waals surface area contributed by atoms with Crippen LogP contribution in [0.5, 0.6) is 5.75 Å². The molecule has 1 amide bonds. The Balaban J connectivity index is 2.14. The largest absolute Gasteiger partial charge is 0.496 e. The van der Waals surface area contributed by atoms with Crippen LogP contribution < -0.4 is 10.1 Å². The minimum atomic E-state index is -4.41. The summed E-state index contributed by atoms with van der Waals surface area (Å²) in [6, 6.07) is 9.15. The Bertz CT molecular complexity index is 756. The molecule has 0 aromatic heterocycles. The summed E-state index contributed by atoms with van der Waals surface area (Å²) < 4.78 is 48.6. The van der Waals surface area contributed by atoms with Crippen LogP contribution in [0.4, 0.5) is 18.9 Å². The maximum atomic E-state index is 12.6. The molecule has 0 aliphatic heterocycles. The maximum absolute atomic E-state index is 12.6. The molecular formula is C19H20F3NO3. The number of hydrogen-bond donors (Lipinski definition) is 1. The third-order valence-electron chi connectivity index (χ3n) is 3.58. The van der Waals surface area contributed by atoms with Gasteiger partial charge in [-0.15, -0.1) is 0 Å². The third kappa shape index (κ3) is 5.23. The van der Waals surface area contributed by atoms with Crippen molar-refractivity contribution in [2.45, 2.75) is 32.7 Å². The van der Waals surface area contributed by atoms with E-state index in [-0.39, 0.29) is 18.4 Å². The summed E-state index contributed by atoms with van der Waals surface area (Å²) in [7, 11) is 1.52. The summed E-state index contributed by atoms with van der Waals surface area (Å²) in [6.45, 7) is 4.07. The van der Waals surface area contributed by atoms with Crippen molar-refractivity contribution in [2.75, 3.05) is 12.4 Å². The van der Waals surface area contributed by atoms with Crippen LogP contribution in [0.2, 0.25) is 0 Å².